The van der Waals surface area contributed by atoms with Crippen molar-refractivity contribution in [2.75, 3.05) is 5.32 Å². The second-order valence-corrected chi connectivity index (χ2v) is 5.58. The molecule has 1 unspecified atom stereocenters. The zero-order valence-electron chi connectivity index (χ0n) is 11.4. The van der Waals surface area contributed by atoms with Gasteiger partial charge in [-0.1, -0.05) is 42.3 Å². The summed E-state index contributed by atoms with van der Waals surface area (Å²) in [5.41, 5.74) is 0.133. The number of aliphatic carboxylic acids is 1. The topological polar surface area (TPSA) is 49.3 Å². The molecule has 3 nitrogen and oxygen atoms in total. The van der Waals surface area contributed by atoms with E-state index in [4.69, 9.17) is 23.2 Å². The van der Waals surface area contributed by atoms with Crippen LogP contribution in [0.25, 0.3) is 0 Å². The first-order valence-corrected chi connectivity index (χ1v) is 7.27. The van der Waals surface area contributed by atoms with Crippen LogP contribution in [-0.2, 0) is 10.3 Å². The molecule has 0 radical (unpaired) electrons. The molecule has 0 saturated heterocycles. The molecule has 0 amide bonds. The van der Waals surface area contributed by atoms with Crippen molar-refractivity contribution in [3.63, 3.8) is 0 Å². The van der Waals surface area contributed by atoms with Gasteiger partial charge in [0.2, 0.25) is 0 Å². The SMILES string of the molecule is CCC(Nc1ccc(Cl)cc1)(C(=O)O)c1ccc(Cl)cc1. The van der Waals surface area contributed by atoms with Crippen LogP contribution in [0.4, 0.5) is 5.69 Å². The zero-order valence-corrected chi connectivity index (χ0v) is 12.9. The van der Waals surface area contributed by atoms with Crippen molar-refractivity contribution in [1.29, 1.82) is 0 Å². The van der Waals surface area contributed by atoms with Crippen LogP contribution in [-0.4, -0.2) is 11.1 Å². The fourth-order valence-electron chi connectivity index (χ4n) is 2.21. The van der Waals surface area contributed by atoms with Gasteiger partial charge in [0.15, 0.2) is 5.54 Å². The summed E-state index contributed by atoms with van der Waals surface area (Å²) in [6.45, 7) is 1.83. The highest BCUT2D eigenvalue weighted by molar-refractivity contribution is 6.30. The summed E-state index contributed by atoms with van der Waals surface area (Å²) in [6.07, 6.45) is 0.382. The molecule has 5 heteroatoms. The van der Waals surface area contributed by atoms with Crippen LogP contribution >= 0.6 is 23.2 Å². The standard InChI is InChI=1S/C16H15Cl2NO2/c1-2-16(15(20)21,11-3-5-12(17)6-4-11)19-14-9-7-13(18)8-10-14/h3-10,19H,2H2,1H3,(H,20,21). The van der Waals surface area contributed by atoms with Gasteiger partial charge in [-0.25, -0.2) is 4.79 Å². The second-order valence-electron chi connectivity index (χ2n) is 4.70. The van der Waals surface area contributed by atoms with E-state index < -0.39 is 11.5 Å². The Bertz CT molecular complexity index is 626. The summed E-state index contributed by atoms with van der Waals surface area (Å²) in [6, 6.07) is 13.8. The van der Waals surface area contributed by atoms with Gasteiger partial charge in [-0.05, 0) is 48.4 Å². The minimum atomic E-state index is -1.21. The van der Waals surface area contributed by atoms with Crippen LogP contribution in [0.3, 0.4) is 0 Å². The molecule has 0 aromatic heterocycles. The number of hydrogen-bond acceptors (Lipinski definition) is 2. The highest BCUT2D eigenvalue weighted by atomic mass is 35.5. The van der Waals surface area contributed by atoms with Crippen LogP contribution in [0.2, 0.25) is 10.0 Å². The van der Waals surface area contributed by atoms with Gasteiger partial charge in [0.25, 0.3) is 0 Å². The minimum Gasteiger partial charge on any atom is -0.479 e. The van der Waals surface area contributed by atoms with Crippen LogP contribution < -0.4 is 5.32 Å². The summed E-state index contributed by atoms with van der Waals surface area (Å²) in [5, 5.41) is 14.0. The van der Waals surface area contributed by atoms with Crippen LogP contribution in [0.15, 0.2) is 48.5 Å². The van der Waals surface area contributed by atoms with E-state index in [-0.39, 0.29) is 0 Å². The number of benzene rings is 2. The molecule has 0 fully saturated rings. The first kappa shape index (κ1) is 15.7. The molecule has 0 aliphatic heterocycles. The average molecular weight is 324 g/mol. The van der Waals surface area contributed by atoms with Gasteiger partial charge in [-0.2, -0.15) is 0 Å². The van der Waals surface area contributed by atoms with Gasteiger partial charge in [-0.3, -0.25) is 0 Å². The van der Waals surface area contributed by atoms with Crippen molar-refractivity contribution in [3.8, 4) is 0 Å². The molecule has 2 rings (SSSR count). The molecule has 0 bridgehead atoms. The Morgan fingerprint density at radius 2 is 1.52 bits per heavy atom. The lowest BCUT2D eigenvalue weighted by Crippen LogP contribution is -2.43. The molecular formula is C16H15Cl2NO2. The highest BCUT2D eigenvalue weighted by Crippen LogP contribution is 2.31. The normalized spacial score (nSPS) is 13.5. The Balaban J connectivity index is 2.44. The smallest absolute Gasteiger partial charge is 0.334 e. The van der Waals surface area contributed by atoms with Crippen molar-refractivity contribution < 1.29 is 9.90 Å². The number of nitrogens with one attached hydrogen (secondary N) is 1. The fraction of sp³-hybridized carbons (Fsp3) is 0.188. The van der Waals surface area contributed by atoms with Gasteiger partial charge in [0, 0.05) is 15.7 Å². The summed E-state index contributed by atoms with van der Waals surface area (Å²) in [4.78, 5) is 11.9. The average Bonchev–Trinajstić information content (AvgIpc) is 2.47. The number of carboxylic acid groups (broad SMARTS) is 1. The van der Waals surface area contributed by atoms with E-state index in [1.807, 2.05) is 6.92 Å². The lowest BCUT2D eigenvalue weighted by atomic mass is 9.87. The largest absolute Gasteiger partial charge is 0.479 e. The van der Waals surface area contributed by atoms with Crippen molar-refractivity contribution in [3.05, 3.63) is 64.1 Å². The van der Waals surface area contributed by atoms with Gasteiger partial charge >= 0.3 is 5.97 Å². The van der Waals surface area contributed by atoms with E-state index >= 15 is 0 Å². The van der Waals surface area contributed by atoms with Crippen LogP contribution in [0.1, 0.15) is 18.9 Å². The van der Waals surface area contributed by atoms with Gasteiger partial charge in [-0.15, -0.1) is 0 Å². The Kier molecular flexibility index (Phi) is 4.76. The first-order valence-electron chi connectivity index (χ1n) is 6.51. The van der Waals surface area contributed by atoms with E-state index in [0.29, 0.717) is 27.7 Å². The van der Waals surface area contributed by atoms with Gasteiger partial charge in [0.05, 0.1) is 0 Å². The number of rotatable bonds is 5. The molecule has 0 heterocycles. The summed E-state index contributed by atoms with van der Waals surface area (Å²) in [7, 11) is 0. The van der Waals surface area contributed by atoms with Crippen LogP contribution in [0.5, 0.6) is 0 Å². The third-order valence-electron chi connectivity index (χ3n) is 3.43. The van der Waals surface area contributed by atoms with Gasteiger partial charge in [0.1, 0.15) is 0 Å². The number of hydrogen-bond donors (Lipinski definition) is 2. The molecular weight excluding hydrogens is 309 g/mol. The van der Waals surface area contributed by atoms with E-state index in [1.165, 1.54) is 0 Å². The molecule has 1 atom stereocenters. The summed E-state index contributed by atoms with van der Waals surface area (Å²) >= 11 is 11.7. The Morgan fingerprint density at radius 1 is 1.05 bits per heavy atom. The molecule has 21 heavy (non-hydrogen) atoms. The number of anilines is 1. The van der Waals surface area contributed by atoms with E-state index in [9.17, 15) is 9.90 Å². The molecule has 0 aliphatic carbocycles. The summed E-state index contributed by atoms with van der Waals surface area (Å²) in [5.74, 6) is -0.942. The van der Waals surface area contributed by atoms with E-state index in [1.54, 1.807) is 48.5 Å². The third-order valence-corrected chi connectivity index (χ3v) is 3.94. The number of carboxylic acids is 1. The molecule has 0 saturated carbocycles. The maximum Gasteiger partial charge on any atom is 0.334 e. The van der Waals surface area contributed by atoms with Crippen LogP contribution in [0, 0.1) is 0 Å². The predicted octanol–water partition coefficient (Wildman–Crippen LogP) is 4.80. The molecule has 2 aromatic rings. The Morgan fingerprint density at radius 3 is 1.95 bits per heavy atom. The number of carbonyl (C=O) groups is 1. The summed E-state index contributed by atoms with van der Waals surface area (Å²) < 4.78 is 0. The van der Waals surface area contributed by atoms with Crippen molar-refractivity contribution in [2.24, 2.45) is 0 Å². The maximum absolute atomic E-state index is 11.9. The Labute approximate surface area is 133 Å². The van der Waals surface area contributed by atoms with Crippen molar-refractivity contribution in [2.45, 2.75) is 18.9 Å². The molecule has 2 N–H and O–H groups in total. The minimum absolute atomic E-state index is 0.382. The molecule has 2 aromatic carbocycles. The fourth-order valence-corrected chi connectivity index (χ4v) is 2.46. The lowest BCUT2D eigenvalue weighted by molar-refractivity contribution is -0.142. The van der Waals surface area contributed by atoms with Gasteiger partial charge < -0.3 is 10.4 Å². The molecule has 110 valence electrons. The van der Waals surface area contributed by atoms with Crippen molar-refractivity contribution >= 4 is 34.9 Å². The highest BCUT2D eigenvalue weighted by Gasteiger charge is 2.38. The van der Waals surface area contributed by atoms with Crippen molar-refractivity contribution in [1.82, 2.24) is 0 Å². The lowest BCUT2D eigenvalue weighted by Gasteiger charge is -2.31. The quantitative estimate of drug-likeness (QED) is 0.831. The first-order chi connectivity index (χ1) is 9.98. The van der Waals surface area contributed by atoms with E-state index in [0.717, 1.165) is 0 Å². The number of halogens is 2. The maximum atomic E-state index is 11.9. The van der Waals surface area contributed by atoms with E-state index in [2.05, 4.69) is 5.32 Å². The monoisotopic (exact) mass is 323 g/mol. The Hall–Kier alpha value is -1.71. The third kappa shape index (κ3) is 3.31. The predicted molar refractivity (Wildman–Crippen MR) is 86.1 cm³/mol. The molecule has 0 spiro atoms. The molecule has 0 aliphatic rings. The second kappa shape index (κ2) is 6.37. The zero-order chi connectivity index (χ0) is 15.5.